The molecule has 0 radical (unpaired) electrons. The van der Waals surface area contributed by atoms with E-state index in [-0.39, 0.29) is 31.1 Å². The first-order chi connectivity index (χ1) is 35.5. The monoisotopic (exact) mass is 1010 g/mol. The molecule has 0 aliphatic heterocycles. The Bertz CT molecular complexity index is 1250. The van der Waals surface area contributed by atoms with Crippen LogP contribution < -0.4 is 0 Å². The molecule has 1 unspecified atom stereocenters. The highest BCUT2D eigenvalue weighted by Gasteiger charge is 2.19. The van der Waals surface area contributed by atoms with Crippen molar-refractivity contribution in [3.8, 4) is 0 Å². The average molecular weight is 1010 g/mol. The third-order valence-electron chi connectivity index (χ3n) is 14.1. The second kappa shape index (κ2) is 60.9. The van der Waals surface area contributed by atoms with Gasteiger partial charge in [0.15, 0.2) is 6.10 Å². The highest BCUT2D eigenvalue weighted by molar-refractivity contribution is 5.71. The number of hydrogen-bond donors (Lipinski definition) is 0. The lowest BCUT2D eigenvalue weighted by atomic mass is 10.0. The summed E-state index contributed by atoms with van der Waals surface area (Å²) < 4.78 is 16.9. The SMILES string of the molecule is CC/C=C\C/C=C\C/C=C\C/C=C\CCCCCCC(=O)OC(COC(=O)CCCCCCCCCCCCCC)COC(=O)CCCCCCCCCCCCCCCCCCCCCCCCCCC. The predicted molar refractivity (Wildman–Crippen MR) is 312 cm³/mol. The molecule has 0 heterocycles. The zero-order chi connectivity index (χ0) is 52.2. The summed E-state index contributed by atoms with van der Waals surface area (Å²) in [6, 6.07) is 0. The zero-order valence-corrected chi connectivity index (χ0v) is 48.2. The number of ether oxygens (including phenoxy) is 3. The fourth-order valence-corrected chi connectivity index (χ4v) is 9.38. The Morgan fingerprint density at radius 3 is 0.847 bits per heavy atom. The maximum Gasteiger partial charge on any atom is 0.306 e. The van der Waals surface area contributed by atoms with Crippen LogP contribution in [0.2, 0.25) is 0 Å². The van der Waals surface area contributed by atoms with E-state index in [1.807, 2.05) is 0 Å². The van der Waals surface area contributed by atoms with Crippen LogP contribution in [0.5, 0.6) is 0 Å². The minimum Gasteiger partial charge on any atom is -0.462 e. The van der Waals surface area contributed by atoms with Crippen LogP contribution in [0, 0.1) is 0 Å². The normalized spacial score (nSPS) is 12.3. The summed E-state index contributed by atoms with van der Waals surface area (Å²) in [6.45, 7) is 6.55. The number of allylic oxidation sites excluding steroid dienone is 8. The van der Waals surface area contributed by atoms with Crippen molar-refractivity contribution in [1.82, 2.24) is 0 Å². The smallest absolute Gasteiger partial charge is 0.306 e. The van der Waals surface area contributed by atoms with Gasteiger partial charge in [0.2, 0.25) is 0 Å². The molecule has 0 spiro atoms. The van der Waals surface area contributed by atoms with Crippen LogP contribution >= 0.6 is 0 Å². The molecule has 72 heavy (non-hydrogen) atoms. The third-order valence-corrected chi connectivity index (χ3v) is 14.1. The second-order valence-electron chi connectivity index (χ2n) is 21.3. The molecule has 0 aliphatic rings. The van der Waals surface area contributed by atoms with Crippen molar-refractivity contribution in [2.45, 2.75) is 341 Å². The molecule has 0 N–H and O–H groups in total. The molecule has 0 saturated heterocycles. The first-order valence-electron chi connectivity index (χ1n) is 31.6. The van der Waals surface area contributed by atoms with Gasteiger partial charge in [0.25, 0.3) is 0 Å². The Hall–Kier alpha value is -2.63. The molecule has 0 rings (SSSR count). The summed E-state index contributed by atoms with van der Waals surface area (Å²) in [5.74, 6) is -0.883. The number of carbonyl (C=O) groups is 3. The lowest BCUT2D eigenvalue weighted by molar-refractivity contribution is -0.167. The van der Waals surface area contributed by atoms with Crippen molar-refractivity contribution in [2.24, 2.45) is 0 Å². The minimum absolute atomic E-state index is 0.0786. The minimum atomic E-state index is -0.783. The van der Waals surface area contributed by atoms with Crippen LogP contribution in [0.1, 0.15) is 335 Å². The van der Waals surface area contributed by atoms with E-state index in [1.165, 1.54) is 199 Å². The van der Waals surface area contributed by atoms with E-state index in [4.69, 9.17) is 14.2 Å². The van der Waals surface area contributed by atoms with Gasteiger partial charge in [-0.05, 0) is 57.8 Å². The van der Waals surface area contributed by atoms with Gasteiger partial charge >= 0.3 is 17.9 Å². The van der Waals surface area contributed by atoms with Gasteiger partial charge in [-0.3, -0.25) is 14.4 Å². The highest BCUT2D eigenvalue weighted by Crippen LogP contribution is 2.18. The Labute approximate surface area is 448 Å². The lowest BCUT2D eigenvalue weighted by Crippen LogP contribution is -2.30. The Balaban J connectivity index is 4.24. The van der Waals surface area contributed by atoms with Crippen molar-refractivity contribution >= 4 is 17.9 Å². The van der Waals surface area contributed by atoms with E-state index in [2.05, 4.69) is 69.4 Å². The van der Waals surface area contributed by atoms with Gasteiger partial charge in [-0.25, -0.2) is 0 Å². The van der Waals surface area contributed by atoms with E-state index in [1.54, 1.807) is 0 Å². The number of hydrogen-bond acceptors (Lipinski definition) is 6. The van der Waals surface area contributed by atoms with Crippen molar-refractivity contribution in [3.63, 3.8) is 0 Å². The summed E-state index contributed by atoms with van der Waals surface area (Å²) in [7, 11) is 0. The van der Waals surface area contributed by atoms with Crippen LogP contribution in [0.25, 0.3) is 0 Å². The summed E-state index contributed by atoms with van der Waals surface area (Å²) in [6.07, 6.45) is 75.6. The molecule has 0 aromatic rings. The molecule has 6 nitrogen and oxygen atoms in total. The van der Waals surface area contributed by atoms with E-state index in [0.717, 1.165) is 96.3 Å². The number of carbonyl (C=O) groups excluding carboxylic acids is 3. The van der Waals surface area contributed by atoms with Crippen LogP contribution in [-0.4, -0.2) is 37.2 Å². The van der Waals surface area contributed by atoms with E-state index in [9.17, 15) is 14.4 Å². The predicted octanol–water partition coefficient (Wildman–Crippen LogP) is 21.4. The van der Waals surface area contributed by atoms with Crippen LogP contribution in [0.15, 0.2) is 48.6 Å². The topological polar surface area (TPSA) is 78.9 Å². The summed E-state index contributed by atoms with van der Waals surface area (Å²) in [4.78, 5) is 38.2. The first kappa shape index (κ1) is 69.4. The van der Waals surface area contributed by atoms with Crippen molar-refractivity contribution in [3.05, 3.63) is 48.6 Å². The summed E-state index contributed by atoms with van der Waals surface area (Å²) in [5.41, 5.74) is 0. The lowest BCUT2D eigenvalue weighted by Gasteiger charge is -2.18. The Kier molecular flexibility index (Phi) is 58.7. The first-order valence-corrected chi connectivity index (χ1v) is 31.6. The molecule has 0 fully saturated rings. The molecular formula is C66H120O6. The average Bonchev–Trinajstić information content (AvgIpc) is 3.38. The number of rotatable bonds is 58. The molecule has 6 heteroatoms. The van der Waals surface area contributed by atoms with Gasteiger partial charge in [-0.1, -0.05) is 307 Å². The molecule has 0 saturated carbocycles. The second-order valence-corrected chi connectivity index (χ2v) is 21.3. The number of unbranched alkanes of at least 4 members (excludes halogenated alkanes) is 39. The maximum atomic E-state index is 12.9. The van der Waals surface area contributed by atoms with Crippen molar-refractivity contribution in [2.75, 3.05) is 13.2 Å². The van der Waals surface area contributed by atoms with Gasteiger partial charge in [0.1, 0.15) is 13.2 Å². The standard InChI is InChI=1S/C66H120O6/c1-4-7-10-13-16-19-22-25-27-29-30-31-32-33-34-35-36-38-39-41-44-47-50-53-56-59-65(68)71-62-63(61-70-64(67)58-55-52-49-46-43-24-21-18-15-12-9-6-3)72-66(69)60-57-54-51-48-45-42-40-37-28-26-23-20-17-14-11-8-5-2/h8,11,17,20,26,28,40,42,63H,4-7,9-10,12-16,18-19,21-25,27,29-39,41,43-62H2,1-3H3/b11-8-,20-17-,28-26-,42-40-. The third kappa shape index (κ3) is 58.3. The quantitative estimate of drug-likeness (QED) is 0.0261. The largest absolute Gasteiger partial charge is 0.462 e. The van der Waals surface area contributed by atoms with Gasteiger partial charge in [0.05, 0.1) is 0 Å². The van der Waals surface area contributed by atoms with Crippen molar-refractivity contribution in [1.29, 1.82) is 0 Å². The van der Waals surface area contributed by atoms with Crippen LogP contribution in [0.4, 0.5) is 0 Å². The molecule has 0 aromatic heterocycles. The van der Waals surface area contributed by atoms with E-state index < -0.39 is 6.10 Å². The molecule has 0 aromatic carbocycles. The maximum absolute atomic E-state index is 12.9. The summed E-state index contributed by atoms with van der Waals surface area (Å²) in [5, 5.41) is 0. The van der Waals surface area contributed by atoms with Gasteiger partial charge in [-0.2, -0.15) is 0 Å². The van der Waals surface area contributed by atoms with Crippen molar-refractivity contribution < 1.29 is 28.6 Å². The van der Waals surface area contributed by atoms with E-state index in [0.29, 0.717) is 19.3 Å². The van der Waals surface area contributed by atoms with Crippen LogP contribution in [-0.2, 0) is 28.6 Å². The van der Waals surface area contributed by atoms with Gasteiger partial charge in [0, 0.05) is 19.3 Å². The Morgan fingerprint density at radius 1 is 0.292 bits per heavy atom. The molecular weight excluding hydrogens is 889 g/mol. The molecule has 420 valence electrons. The molecule has 0 bridgehead atoms. The fourth-order valence-electron chi connectivity index (χ4n) is 9.38. The molecule has 0 amide bonds. The fraction of sp³-hybridized carbons (Fsp3) is 0.833. The molecule has 1 atom stereocenters. The van der Waals surface area contributed by atoms with E-state index >= 15 is 0 Å². The molecule has 0 aliphatic carbocycles. The summed E-state index contributed by atoms with van der Waals surface area (Å²) >= 11 is 0. The van der Waals surface area contributed by atoms with Crippen LogP contribution in [0.3, 0.4) is 0 Å². The highest BCUT2D eigenvalue weighted by atomic mass is 16.6. The Morgan fingerprint density at radius 2 is 0.542 bits per heavy atom. The zero-order valence-electron chi connectivity index (χ0n) is 48.2. The number of esters is 3. The van der Waals surface area contributed by atoms with Gasteiger partial charge in [-0.15, -0.1) is 0 Å². The van der Waals surface area contributed by atoms with Gasteiger partial charge < -0.3 is 14.2 Å².